The molecule has 3 rings (SSSR count). The van der Waals surface area contributed by atoms with E-state index in [0.29, 0.717) is 24.6 Å². The number of amides is 1. The standard InChI is InChI=1S/C22H24N4O/c1-3-25(17-18-11-7-5-8-12-18)21(27)19-15-23-22(24-16-19)26(4-2)20-13-9-6-10-14-20/h5-16H,3-4,17H2,1-2H3. The largest absolute Gasteiger partial charge is 0.335 e. The van der Waals surface area contributed by atoms with E-state index in [1.54, 1.807) is 17.3 Å². The summed E-state index contributed by atoms with van der Waals surface area (Å²) in [5, 5.41) is 0. The van der Waals surface area contributed by atoms with Crippen molar-refractivity contribution in [1.29, 1.82) is 0 Å². The van der Waals surface area contributed by atoms with Crippen LogP contribution in [0.3, 0.4) is 0 Å². The predicted octanol–water partition coefficient (Wildman–Crippen LogP) is 4.30. The normalized spacial score (nSPS) is 10.4. The van der Waals surface area contributed by atoms with Crippen LogP contribution in [0.2, 0.25) is 0 Å². The van der Waals surface area contributed by atoms with Gasteiger partial charge in [-0.2, -0.15) is 0 Å². The Hall–Kier alpha value is -3.21. The number of hydrogen-bond donors (Lipinski definition) is 0. The van der Waals surface area contributed by atoms with Gasteiger partial charge in [0.05, 0.1) is 5.56 Å². The topological polar surface area (TPSA) is 49.3 Å². The van der Waals surface area contributed by atoms with Gasteiger partial charge < -0.3 is 9.80 Å². The zero-order valence-corrected chi connectivity index (χ0v) is 15.7. The van der Waals surface area contributed by atoms with Crippen LogP contribution in [0, 0.1) is 0 Å². The highest BCUT2D eigenvalue weighted by molar-refractivity contribution is 5.93. The minimum atomic E-state index is -0.0596. The molecular formula is C22H24N4O. The monoisotopic (exact) mass is 360 g/mol. The maximum absolute atomic E-state index is 12.8. The van der Waals surface area contributed by atoms with Gasteiger partial charge in [0, 0.05) is 37.7 Å². The first-order chi connectivity index (χ1) is 13.2. The van der Waals surface area contributed by atoms with E-state index in [0.717, 1.165) is 17.8 Å². The molecule has 2 aromatic carbocycles. The molecule has 3 aromatic rings. The Morgan fingerprint density at radius 1 is 0.852 bits per heavy atom. The summed E-state index contributed by atoms with van der Waals surface area (Å²) in [6.45, 7) is 5.97. The van der Waals surface area contributed by atoms with Crippen LogP contribution in [0.4, 0.5) is 11.6 Å². The molecule has 27 heavy (non-hydrogen) atoms. The quantitative estimate of drug-likeness (QED) is 0.630. The van der Waals surface area contributed by atoms with Crippen LogP contribution in [0.15, 0.2) is 73.1 Å². The number of benzene rings is 2. The molecule has 1 aromatic heterocycles. The number of carbonyl (C=O) groups excluding carboxylic acids is 1. The number of hydrogen-bond acceptors (Lipinski definition) is 4. The van der Waals surface area contributed by atoms with E-state index in [4.69, 9.17) is 0 Å². The zero-order valence-electron chi connectivity index (χ0n) is 15.7. The second kappa shape index (κ2) is 8.94. The van der Waals surface area contributed by atoms with Gasteiger partial charge in [0.15, 0.2) is 0 Å². The first-order valence-corrected chi connectivity index (χ1v) is 9.20. The molecule has 5 heteroatoms. The summed E-state index contributed by atoms with van der Waals surface area (Å²) in [4.78, 5) is 25.5. The average molecular weight is 360 g/mol. The van der Waals surface area contributed by atoms with E-state index in [2.05, 4.69) is 9.97 Å². The smallest absolute Gasteiger partial charge is 0.257 e. The number of nitrogens with zero attached hydrogens (tertiary/aromatic N) is 4. The second-order valence-electron chi connectivity index (χ2n) is 6.16. The lowest BCUT2D eigenvalue weighted by Crippen LogP contribution is -2.30. The first-order valence-electron chi connectivity index (χ1n) is 9.20. The van der Waals surface area contributed by atoms with E-state index in [9.17, 15) is 4.79 Å². The van der Waals surface area contributed by atoms with Crippen molar-refractivity contribution in [3.8, 4) is 0 Å². The van der Waals surface area contributed by atoms with Crippen molar-refractivity contribution in [3.05, 3.63) is 84.2 Å². The summed E-state index contributed by atoms with van der Waals surface area (Å²) in [6, 6.07) is 20.0. The molecule has 0 bridgehead atoms. The van der Waals surface area contributed by atoms with Crippen molar-refractivity contribution in [1.82, 2.24) is 14.9 Å². The highest BCUT2D eigenvalue weighted by Gasteiger charge is 2.17. The number of anilines is 2. The molecule has 1 heterocycles. The highest BCUT2D eigenvalue weighted by atomic mass is 16.2. The van der Waals surface area contributed by atoms with Gasteiger partial charge in [-0.1, -0.05) is 48.5 Å². The molecule has 0 spiro atoms. The highest BCUT2D eigenvalue weighted by Crippen LogP contribution is 2.21. The average Bonchev–Trinajstić information content (AvgIpc) is 2.74. The lowest BCUT2D eigenvalue weighted by molar-refractivity contribution is 0.0751. The molecule has 0 fully saturated rings. The third-order valence-corrected chi connectivity index (χ3v) is 4.40. The molecule has 0 N–H and O–H groups in total. The van der Waals surface area contributed by atoms with Crippen molar-refractivity contribution in [2.75, 3.05) is 18.0 Å². The number of carbonyl (C=O) groups is 1. The van der Waals surface area contributed by atoms with Crippen LogP contribution in [0.5, 0.6) is 0 Å². The summed E-state index contributed by atoms with van der Waals surface area (Å²) in [5.41, 5.74) is 2.63. The molecule has 0 aliphatic heterocycles. The molecule has 0 aliphatic carbocycles. The van der Waals surface area contributed by atoms with E-state index in [1.165, 1.54) is 0 Å². The molecule has 5 nitrogen and oxygen atoms in total. The molecule has 1 amide bonds. The lowest BCUT2D eigenvalue weighted by Gasteiger charge is -2.22. The minimum Gasteiger partial charge on any atom is -0.335 e. The Bertz CT molecular complexity index is 851. The van der Waals surface area contributed by atoms with E-state index >= 15 is 0 Å². The van der Waals surface area contributed by atoms with Gasteiger partial charge in [0.25, 0.3) is 5.91 Å². The van der Waals surface area contributed by atoms with E-state index < -0.39 is 0 Å². The number of para-hydroxylation sites is 1. The summed E-state index contributed by atoms with van der Waals surface area (Å²) in [6.07, 6.45) is 3.23. The van der Waals surface area contributed by atoms with Gasteiger partial charge in [-0.3, -0.25) is 4.79 Å². The van der Waals surface area contributed by atoms with Crippen molar-refractivity contribution < 1.29 is 4.79 Å². The Balaban J connectivity index is 1.76. The maximum atomic E-state index is 12.8. The lowest BCUT2D eigenvalue weighted by atomic mass is 10.2. The zero-order chi connectivity index (χ0) is 19.1. The maximum Gasteiger partial charge on any atom is 0.257 e. The van der Waals surface area contributed by atoms with Crippen molar-refractivity contribution in [2.24, 2.45) is 0 Å². The molecule has 0 unspecified atom stereocenters. The SMILES string of the molecule is CCN(Cc1ccccc1)C(=O)c1cnc(N(CC)c2ccccc2)nc1. The Labute approximate surface area is 160 Å². The van der Waals surface area contributed by atoms with Crippen LogP contribution in [-0.2, 0) is 6.54 Å². The van der Waals surface area contributed by atoms with Gasteiger partial charge in [0.2, 0.25) is 5.95 Å². The first kappa shape index (κ1) is 18.6. The van der Waals surface area contributed by atoms with Crippen LogP contribution in [-0.4, -0.2) is 33.9 Å². The van der Waals surface area contributed by atoms with Gasteiger partial charge in [0.1, 0.15) is 0 Å². The third kappa shape index (κ3) is 4.50. The Morgan fingerprint density at radius 2 is 1.44 bits per heavy atom. The fourth-order valence-corrected chi connectivity index (χ4v) is 2.93. The van der Waals surface area contributed by atoms with Crippen LogP contribution < -0.4 is 4.90 Å². The van der Waals surface area contributed by atoms with Gasteiger partial charge in [-0.05, 0) is 31.5 Å². The molecule has 0 atom stereocenters. The molecule has 0 saturated heterocycles. The summed E-state index contributed by atoms with van der Waals surface area (Å²) in [5.74, 6) is 0.530. The number of rotatable bonds is 7. The summed E-state index contributed by atoms with van der Waals surface area (Å²) in [7, 11) is 0. The van der Waals surface area contributed by atoms with Gasteiger partial charge in [-0.15, -0.1) is 0 Å². The molecule has 138 valence electrons. The Morgan fingerprint density at radius 3 is 2.00 bits per heavy atom. The van der Waals surface area contributed by atoms with Crippen molar-refractivity contribution in [2.45, 2.75) is 20.4 Å². The van der Waals surface area contributed by atoms with Crippen LogP contribution in [0.1, 0.15) is 29.8 Å². The second-order valence-corrected chi connectivity index (χ2v) is 6.16. The summed E-state index contributed by atoms with van der Waals surface area (Å²) < 4.78 is 0. The van der Waals surface area contributed by atoms with E-state index in [-0.39, 0.29) is 5.91 Å². The minimum absolute atomic E-state index is 0.0596. The molecule has 0 saturated carbocycles. The van der Waals surface area contributed by atoms with Gasteiger partial charge >= 0.3 is 0 Å². The Kier molecular flexibility index (Phi) is 6.15. The van der Waals surface area contributed by atoms with Crippen molar-refractivity contribution >= 4 is 17.5 Å². The molecule has 0 radical (unpaired) electrons. The number of aromatic nitrogens is 2. The van der Waals surface area contributed by atoms with Gasteiger partial charge in [-0.25, -0.2) is 9.97 Å². The third-order valence-electron chi connectivity index (χ3n) is 4.40. The fraction of sp³-hybridized carbons (Fsp3) is 0.227. The molecular weight excluding hydrogens is 336 g/mol. The van der Waals surface area contributed by atoms with Crippen LogP contribution >= 0.6 is 0 Å². The predicted molar refractivity (Wildman–Crippen MR) is 108 cm³/mol. The summed E-state index contributed by atoms with van der Waals surface area (Å²) >= 11 is 0. The molecule has 0 aliphatic rings. The van der Waals surface area contributed by atoms with Crippen LogP contribution in [0.25, 0.3) is 0 Å². The van der Waals surface area contributed by atoms with E-state index in [1.807, 2.05) is 79.4 Å². The fourth-order valence-electron chi connectivity index (χ4n) is 2.93. The van der Waals surface area contributed by atoms with Crippen molar-refractivity contribution in [3.63, 3.8) is 0 Å².